The van der Waals surface area contributed by atoms with Crippen molar-refractivity contribution in [3.8, 4) is 0 Å². The molecule has 1 fully saturated rings. The van der Waals surface area contributed by atoms with E-state index in [4.69, 9.17) is 5.73 Å². The highest BCUT2D eigenvalue weighted by Crippen LogP contribution is 2.23. The first-order valence-corrected chi connectivity index (χ1v) is 7.93. The molecule has 5 heteroatoms. The van der Waals surface area contributed by atoms with Crippen molar-refractivity contribution >= 4 is 17.2 Å². The van der Waals surface area contributed by atoms with E-state index in [1.54, 1.807) is 6.20 Å². The highest BCUT2D eigenvalue weighted by atomic mass is 32.1. The third kappa shape index (κ3) is 3.54. The Morgan fingerprint density at radius 3 is 2.84 bits per heavy atom. The smallest absolute Gasteiger partial charge is 0.265 e. The topological polar surface area (TPSA) is 59.2 Å². The maximum Gasteiger partial charge on any atom is 0.265 e. The predicted octanol–water partition coefficient (Wildman–Crippen LogP) is 2.29. The van der Waals surface area contributed by atoms with Gasteiger partial charge in [-0.05, 0) is 38.5 Å². The molecule has 2 heterocycles. The summed E-state index contributed by atoms with van der Waals surface area (Å²) in [5.74, 6) is 0.698. The second-order valence-corrected chi connectivity index (χ2v) is 6.47. The van der Waals surface area contributed by atoms with Crippen molar-refractivity contribution in [1.29, 1.82) is 0 Å². The summed E-state index contributed by atoms with van der Waals surface area (Å²) in [6.07, 6.45) is 5.80. The number of nitrogens with two attached hydrogens (primary N) is 1. The number of nitrogens with zero attached hydrogens (tertiary/aromatic N) is 2. The van der Waals surface area contributed by atoms with E-state index in [-0.39, 0.29) is 11.9 Å². The number of hydrogen-bond acceptors (Lipinski definition) is 4. The molecule has 1 aliphatic heterocycles. The molecule has 0 aliphatic carbocycles. The molecule has 2 N–H and O–H groups in total. The lowest BCUT2D eigenvalue weighted by Crippen LogP contribution is -2.42. The molecule has 0 spiro atoms. The Bertz CT molecular complexity index is 422. The molecule has 1 saturated heterocycles. The fraction of sp³-hybridized carbons (Fsp3) is 0.714. The summed E-state index contributed by atoms with van der Waals surface area (Å²) in [6, 6.07) is 0.233. The fourth-order valence-corrected chi connectivity index (χ4v) is 3.51. The molecule has 19 heavy (non-hydrogen) atoms. The van der Waals surface area contributed by atoms with E-state index in [0.717, 1.165) is 48.7 Å². The zero-order valence-corrected chi connectivity index (χ0v) is 12.6. The Hall–Kier alpha value is -0.940. The van der Waals surface area contributed by atoms with Gasteiger partial charge in [0.05, 0.1) is 11.2 Å². The van der Waals surface area contributed by atoms with Crippen LogP contribution in [0.2, 0.25) is 0 Å². The minimum absolute atomic E-state index is 0.142. The number of amides is 1. The van der Waals surface area contributed by atoms with Crippen LogP contribution < -0.4 is 5.73 Å². The molecule has 0 saturated carbocycles. The van der Waals surface area contributed by atoms with E-state index in [2.05, 4.69) is 18.8 Å². The largest absolute Gasteiger partial charge is 0.338 e. The summed E-state index contributed by atoms with van der Waals surface area (Å²) >= 11 is 1.54. The van der Waals surface area contributed by atoms with Gasteiger partial charge in [-0.15, -0.1) is 11.3 Å². The second-order valence-electron chi connectivity index (χ2n) is 5.36. The fourth-order valence-electron chi connectivity index (χ4n) is 2.52. The SMILES string of the molecule is CCCc1ncc(C(=O)N2CCC(C(C)N)CC2)s1. The van der Waals surface area contributed by atoms with Crippen LogP contribution >= 0.6 is 11.3 Å². The van der Waals surface area contributed by atoms with Crippen molar-refractivity contribution in [1.82, 2.24) is 9.88 Å². The molecule has 1 amide bonds. The molecule has 0 aromatic carbocycles. The van der Waals surface area contributed by atoms with Gasteiger partial charge in [0.25, 0.3) is 5.91 Å². The first-order chi connectivity index (χ1) is 9.11. The van der Waals surface area contributed by atoms with Crippen LogP contribution in [0.1, 0.15) is 47.8 Å². The predicted molar refractivity (Wildman–Crippen MR) is 78.4 cm³/mol. The van der Waals surface area contributed by atoms with Crippen molar-refractivity contribution in [2.75, 3.05) is 13.1 Å². The maximum atomic E-state index is 12.4. The van der Waals surface area contributed by atoms with Crippen LogP contribution in [0.15, 0.2) is 6.20 Å². The van der Waals surface area contributed by atoms with Gasteiger partial charge in [-0.25, -0.2) is 4.98 Å². The highest BCUT2D eigenvalue weighted by Gasteiger charge is 2.26. The van der Waals surface area contributed by atoms with Crippen LogP contribution in [-0.2, 0) is 6.42 Å². The third-order valence-corrected chi connectivity index (χ3v) is 4.84. The van der Waals surface area contributed by atoms with Crippen molar-refractivity contribution in [3.05, 3.63) is 16.1 Å². The molecule has 2 rings (SSSR count). The van der Waals surface area contributed by atoms with Gasteiger partial charge >= 0.3 is 0 Å². The Kier molecular flexibility index (Phi) is 4.93. The number of hydrogen-bond donors (Lipinski definition) is 1. The number of thiazole rings is 1. The van der Waals surface area contributed by atoms with E-state index in [0.29, 0.717) is 5.92 Å². The van der Waals surface area contributed by atoms with Crippen LogP contribution in [-0.4, -0.2) is 34.9 Å². The van der Waals surface area contributed by atoms with E-state index in [1.807, 2.05) is 4.90 Å². The average molecular weight is 281 g/mol. The molecule has 0 bridgehead atoms. The highest BCUT2D eigenvalue weighted by molar-refractivity contribution is 7.13. The van der Waals surface area contributed by atoms with E-state index >= 15 is 0 Å². The number of carbonyl (C=O) groups is 1. The van der Waals surface area contributed by atoms with Gasteiger partial charge in [0.1, 0.15) is 4.88 Å². The summed E-state index contributed by atoms with van der Waals surface area (Å²) in [4.78, 5) is 19.4. The standard InChI is InChI=1S/C14H23N3OS/c1-3-4-13-16-9-12(19-13)14(18)17-7-5-11(6-8-17)10(2)15/h9-11H,3-8,15H2,1-2H3. The lowest BCUT2D eigenvalue weighted by atomic mass is 9.91. The Balaban J connectivity index is 1.93. The van der Waals surface area contributed by atoms with Crippen LogP contribution in [0.4, 0.5) is 0 Å². The van der Waals surface area contributed by atoms with Gasteiger partial charge in [-0.3, -0.25) is 4.79 Å². The Morgan fingerprint density at radius 1 is 1.58 bits per heavy atom. The summed E-state index contributed by atoms with van der Waals surface area (Å²) in [5, 5.41) is 1.07. The first kappa shape index (κ1) is 14.5. The molecular weight excluding hydrogens is 258 g/mol. The van der Waals surface area contributed by atoms with E-state index in [1.165, 1.54) is 11.3 Å². The van der Waals surface area contributed by atoms with E-state index in [9.17, 15) is 4.79 Å². The Labute approximate surface area is 119 Å². The van der Waals surface area contributed by atoms with Crippen molar-refractivity contribution < 1.29 is 4.79 Å². The minimum Gasteiger partial charge on any atom is -0.338 e. The first-order valence-electron chi connectivity index (χ1n) is 7.11. The molecule has 1 aliphatic rings. The number of likely N-dealkylation sites (tertiary alicyclic amines) is 1. The van der Waals surface area contributed by atoms with Crippen LogP contribution in [0.25, 0.3) is 0 Å². The summed E-state index contributed by atoms with van der Waals surface area (Å²) in [6.45, 7) is 5.84. The molecule has 1 unspecified atom stereocenters. The summed E-state index contributed by atoms with van der Waals surface area (Å²) in [5.41, 5.74) is 5.93. The number of aromatic nitrogens is 1. The van der Waals surface area contributed by atoms with Crippen LogP contribution in [0.3, 0.4) is 0 Å². The lowest BCUT2D eigenvalue weighted by molar-refractivity contribution is 0.0685. The number of aryl methyl sites for hydroxylation is 1. The van der Waals surface area contributed by atoms with Gasteiger partial charge < -0.3 is 10.6 Å². The van der Waals surface area contributed by atoms with Crippen molar-refractivity contribution in [3.63, 3.8) is 0 Å². The number of carbonyl (C=O) groups excluding carboxylic acids is 1. The maximum absolute atomic E-state index is 12.4. The van der Waals surface area contributed by atoms with Gasteiger partial charge in [0.2, 0.25) is 0 Å². The third-order valence-electron chi connectivity index (χ3n) is 3.80. The number of rotatable bonds is 4. The molecule has 4 nitrogen and oxygen atoms in total. The molecule has 106 valence electrons. The number of piperidine rings is 1. The van der Waals surface area contributed by atoms with Gasteiger partial charge in [-0.1, -0.05) is 6.92 Å². The van der Waals surface area contributed by atoms with Gasteiger partial charge in [0, 0.05) is 19.1 Å². The summed E-state index contributed by atoms with van der Waals surface area (Å²) < 4.78 is 0. The van der Waals surface area contributed by atoms with E-state index < -0.39 is 0 Å². The molecule has 1 atom stereocenters. The quantitative estimate of drug-likeness (QED) is 0.921. The zero-order chi connectivity index (χ0) is 13.8. The van der Waals surface area contributed by atoms with Crippen LogP contribution in [0, 0.1) is 5.92 Å². The normalized spacial score (nSPS) is 18.6. The second kappa shape index (κ2) is 6.48. The zero-order valence-electron chi connectivity index (χ0n) is 11.8. The lowest BCUT2D eigenvalue weighted by Gasteiger charge is -2.33. The monoisotopic (exact) mass is 281 g/mol. The molecular formula is C14H23N3OS. The molecule has 1 aromatic heterocycles. The molecule has 0 radical (unpaired) electrons. The van der Waals surface area contributed by atoms with Crippen molar-refractivity contribution in [2.24, 2.45) is 11.7 Å². The summed E-state index contributed by atoms with van der Waals surface area (Å²) in [7, 11) is 0. The van der Waals surface area contributed by atoms with Gasteiger partial charge in [-0.2, -0.15) is 0 Å². The van der Waals surface area contributed by atoms with Crippen LogP contribution in [0.5, 0.6) is 0 Å². The molecule has 1 aromatic rings. The van der Waals surface area contributed by atoms with Gasteiger partial charge in [0.15, 0.2) is 0 Å². The van der Waals surface area contributed by atoms with Crippen molar-refractivity contribution in [2.45, 2.75) is 45.6 Å². The Morgan fingerprint density at radius 2 is 2.26 bits per heavy atom. The average Bonchev–Trinajstić information content (AvgIpc) is 2.87. The minimum atomic E-state index is 0.142.